The summed E-state index contributed by atoms with van der Waals surface area (Å²) in [5, 5.41) is 0. The highest BCUT2D eigenvalue weighted by Gasteiger charge is 2.37. The van der Waals surface area contributed by atoms with Crippen molar-refractivity contribution in [2.45, 2.75) is 75.6 Å². The molecule has 1 aliphatic carbocycles. The van der Waals surface area contributed by atoms with Crippen molar-refractivity contribution in [3.63, 3.8) is 0 Å². The zero-order valence-corrected chi connectivity index (χ0v) is 18.4. The molecule has 162 valence electrons. The van der Waals surface area contributed by atoms with Gasteiger partial charge in [0, 0.05) is 18.1 Å². The maximum Gasteiger partial charge on any atom is 0.209 e. The van der Waals surface area contributed by atoms with Gasteiger partial charge in [-0.15, -0.1) is 0 Å². The third-order valence-corrected chi connectivity index (χ3v) is 7.50. The Hall–Kier alpha value is -1.15. The van der Waals surface area contributed by atoms with E-state index in [-0.39, 0.29) is 24.2 Å². The van der Waals surface area contributed by atoms with Crippen LogP contribution >= 0.6 is 0 Å². The molecule has 0 aromatic heterocycles. The molecule has 1 N–H and O–H groups in total. The lowest BCUT2D eigenvalue weighted by atomic mass is 9.82. The smallest absolute Gasteiger partial charge is 0.209 e. The summed E-state index contributed by atoms with van der Waals surface area (Å²) < 4.78 is 39.5. The fourth-order valence-electron chi connectivity index (χ4n) is 5.29. The van der Waals surface area contributed by atoms with Gasteiger partial charge in [0.1, 0.15) is 12.4 Å². The molecule has 1 aromatic rings. The zero-order valence-electron chi connectivity index (χ0n) is 17.5. The van der Waals surface area contributed by atoms with Crippen LogP contribution in [0.25, 0.3) is 0 Å². The molecule has 4 aliphatic rings. The van der Waals surface area contributed by atoms with Crippen molar-refractivity contribution in [2.75, 3.05) is 26.0 Å². The molecule has 2 bridgehead atoms. The molecular weight excluding hydrogens is 388 g/mol. The number of ether oxygens (including phenoxy) is 2. The topological polar surface area (TPSA) is 67.9 Å². The molecule has 5 rings (SSSR count). The summed E-state index contributed by atoms with van der Waals surface area (Å²) in [6.07, 6.45) is 7.64. The van der Waals surface area contributed by atoms with E-state index >= 15 is 0 Å². The normalized spacial score (nSPS) is 34.1. The summed E-state index contributed by atoms with van der Waals surface area (Å²) >= 11 is 0. The van der Waals surface area contributed by atoms with E-state index < -0.39 is 10.0 Å². The first-order valence-corrected chi connectivity index (χ1v) is 12.9. The minimum atomic E-state index is -3.26. The van der Waals surface area contributed by atoms with Crippen molar-refractivity contribution in [3.8, 4) is 5.75 Å². The highest BCUT2D eigenvalue weighted by molar-refractivity contribution is 7.88. The Morgan fingerprint density at radius 3 is 2.59 bits per heavy atom. The van der Waals surface area contributed by atoms with Crippen LogP contribution < -0.4 is 9.46 Å². The highest BCUT2D eigenvalue weighted by Crippen LogP contribution is 2.39. The van der Waals surface area contributed by atoms with Crippen molar-refractivity contribution in [3.05, 3.63) is 29.8 Å². The first kappa shape index (κ1) is 21.1. The lowest BCUT2D eigenvalue weighted by Gasteiger charge is -2.44. The molecule has 1 saturated heterocycles. The third-order valence-electron chi connectivity index (χ3n) is 6.77. The standard InChI is InChI=1S/C22H34N2O4S/c1-16-14-28-22-8-4-3-6-19(22)17-9-11-18(12-10-17)27-15-21-20(23-29(2,25)26)7-5-13-24(16)21/h3-4,6,8,16-18,20-21,23H,5,7,9-15H2,1-2H3/t16-,17?,18?,20?,21-/m0/s1. The van der Waals surface area contributed by atoms with Crippen LogP contribution in [0.15, 0.2) is 24.3 Å². The van der Waals surface area contributed by atoms with Crippen LogP contribution in [0, 0.1) is 0 Å². The second-order valence-electron chi connectivity index (χ2n) is 8.95. The average Bonchev–Trinajstić information content (AvgIpc) is 2.71. The maximum absolute atomic E-state index is 11.9. The second kappa shape index (κ2) is 8.92. The predicted octanol–water partition coefficient (Wildman–Crippen LogP) is 2.89. The largest absolute Gasteiger partial charge is 0.492 e. The fraction of sp³-hybridized carbons (Fsp3) is 0.727. The van der Waals surface area contributed by atoms with Crippen molar-refractivity contribution < 1.29 is 17.9 Å². The van der Waals surface area contributed by atoms with Gasteiger partial charge in [0.2, 0.25) is 10.0 Å². The van der Waals surface area contributed by atoms with Crippen LogP contribution in [0.2, 0.25) is 0 Å². The van der Waals surface area contributed by atoms with Crippen LogP contribution in [0.5, 0.6) is 5.75 Å². The average molecular weight is 423 g/mol. The quantitative estimate of drug-likeness (QED) is 0.794. The molecule has 1 saturated carbocycles. The summed E-state index contributed by atoms with van der Waals surface area (Å²) in [5.41, 5.74) is 1.32. The Balaban J connectivity index is 1.60. The number of hydrogen-bond donors (Lipinski definition) is 1. The Morgan fingerprint density at radius 2 is 1.83 bits per heavy atom. The number of hydrogen-bond acceptors (Lipinski definition) is 5. The van der Waals surface area contributed by atoms with Crippen LogP contribution in [0.3, 0.4) is 0 Å². The Bertz CT molecular complexity index is 792. The lowest BCUT2D eigenvalue weighted by Crippen LogP contribution is -2.60. The van der Waals surface area contributed by atoms with Crippen molar-refractivity contribution in [1.82, 2.24) is 9.62 Å². The van der Waals surface area contributed by atoms with E-state index in [1.807, 2.05) is 6.07 Å². The van der Waals surface area contributed by atoms with Crippen molar-refractivity contribution >= 4 is 10.0 Å². The zero-order chi connectivity index (χ0) is 20.4. The molecule has 7 heteroatoms. The molecule has 2 fully saturated rings. The van der Waals surface area contributed by atoms with Gasteiger partial charge in [-0.05, 0) is 69.5 Å². The van der Waals surface area contributed by atoms with Crippen LogP contribution in [-0.4, -0.2) is 63.6 Å². The Morgan fingerprint density at radius 1 is 1.07 bits per heavy atom. The van der Waals surface area contributed by atoms with Gasteiger partial charge in [-0.2, -0.15) is 0 Å². The molecule has 6 nitrogen and oxygen atoms in total. The van der Waals surface area contributed by atoms with Crippen molar-refractivity contribution in [2.24, 2.45) is 0 Å². The van der Waals surface area contributed by atoms with Crippen LogP contribution in [0.1, 0.15) is 56.9 Å². The minimum Gasteiger partial charge on any atom is -0.492 e. The second-order valence-corrected chi connectivity index (χ2v) is 10.7. The van der Waals surface area contributed by atoms with E-state index in [2.05, 4.69) is 34.7 Å². The summed E-state index contributed by atoms with van der Waals surface area (Å²) in [6.45, 7) is 4.27. The van der Waals surface area contributed by atoms with Gasteiger partial charge in [0.05, 0.1) is 19.0 Å². The maximum atomic E-state index is 11.9. The number of rotatable bonds is 2. The van der Waals surface area contributed by atoms with E-state index in [9.17, 15) is 8.42 Å². The highest BCUT2D eigenvalue weighted by atomic mass is 32.2. The fourth-order valence-corrected chi connectivity index (χ4v) is 6.11. The SMILES string of the molecule is C[C@H]1COc2ccccc2C2CCC(CC2)OC[C@H]2C(NS(C)(=O)=O)CCCN12. The number of sulfonamides is 1. The van der Waals surface area contributed by atoms with Gasteiger partial charge < -0.3 is 9.47 Å². The number of piperidine rings is 1. The molecule has 3 aliphatic heterocycles. The first-order chi connectivity index (χ1) is 13.9. The molecule has 0 amide bonds. The van der Waals surface area contributed by atoms with Gasteiger partial charge >= 0.3 is 0 Å². The van der Waals surface area contributed by atoms with Gasteiger partial charge in [0.25, 0.3) is 0 Å². The molecule has 0 spiro atoms. The van der Waals surface area contributed by atoms with Gasteiger partial charge in [0.15, 0.2) is 0 Å². The third kappa shape index (κ3) is 5.13. The molecule has 3 atom stereocenters. The molecule has 1 aromatic carbocycles. The number of nitrogens with one attached hydrogen (secondary N) is 1. The number of fused-ring (bicyclic) bond motifs is 5. The molecule has 0 radical (unpaired) electrons. The summed E-state index contributed by atoms with van der Waals surface area (Å²) in [4.78, 5) is 2.39. The Labute approximate surface area is 175 Å². The van der Waals surface area contributed by atoms with E-state index in [4.69, 9.17) is 9.47 Å². The molecule has 3 heterocycles. The first-order valence-electron chi connectivity index (χ1n) is 11.0. The summed E-state index contributed by atoms with van der Waals surface area (Å²) in [7, 11) is -3.26. The van der Waals surface area contributed by atoms with Crippen LogP contribution in [0.4, 0.5) is 0 Å². The van der Waals surface area contributed by atoms with E-state index in [0.29, 0.717) is 19.1 Å². The van der Waals surface area contributed by atoms with Gasteiger partial charge in [-0.25, -0.2) is 13.1 Å². The van der Waals surface area contributed by atoms with E-state index in [1.165, 1.54) is 11.8 Å². The minimum absolute atomic E-state index is 0.0331. The van der Waals surface area contributed by atoms with Crippen molar-refractivity contribution in [1.29, 1.82) is 0 Å². The van der Waals surface area contributed by atoms with Crippen LogP contribution in [-0.2, 0) is 14.8 Å². The molecule has 1 unspecified atom stereocenters. The Kier molecular flexibility index (Phi) is 6.49. The molecular formula is C22H34N2O4S. The van der Waals surface area contributed by atoms with E-state index in [0.717, 1.165) is 50.8 Å². The van der Waals surface area contributed by atoms with E-state index in [1.54, 1.807) is 0 Å². The lowest BCUT2D eigenvalue weighted by molar-refractivity contribution is -0.0402. The van der Waals surface area contributed by atoms with Gasteiger partial charge in [-0.3, -0.25) is 4.90 Å². The number of para-hydroxylation sites is 1. The van der Waals surface area contributed by atoms with Gasteiger partial charge in [-0.1, -0.05) is 18.2 Å². The number of benzene rings is 1. The summed E-state index contributed by atoms with van der Waals surface area (Å²) in [6, 6.07) is 8.55. The summed E-state index contributed by atoms with van der Waals surface area (Å²) in [5.74, 6) is 1.53. The molecule has 29 heavy (non-hydrogen) atoms. The number of nitrogens with zero attached hydrogens (tertiary/aromatic N) is 1. The predicted molar refractivity (Wildman–Crippen MR) is 114 cm³/mol. The monoisotopic (exact) mass is 422 g/mol.